The second-order valence-corrected chi connectivity index (χ2v) is 9.76. The minimum absolute atomic E-state index is 0.155. The van der Waals surface area contributed by atoms with Crippen LogP contribution in [0.25, 0.3) is 0 Å². The largest absolute Gasteiger partial charge is 0.489 e. The zero-order valence-electron chi connectivity index (χ0n) is 16.3. The number of nitrogens with zero attached hydrogens (tertiary/aromatic N) is 1. The summed E-state index contributed by atoms with van der Waals surface area (Å²) in [5.74, 6) is 5.56. The zero-order chi connectivity index (χ0) is 19.8. The van der Waals surface area contributed by atoms with Gasteiger partial charge in [-0.25, -0.2) is 0 Å². The molecule has 2 saturated heterocycles. The van der Waals surface area contributed by atoms with E-state index in [0.29, 0.717) is 35.5 Å². The number of hydrogen-bond donors (Lipinski definition) is 1. The van der Waals surface area contributed by atoms with E-state index in [1.54, 1.807) is 25.3 Å². The van der Waals surface area contributed by atoms with E-state index in [-0.39, 0.29) is 12.0 Å². The van der Waals surface area contributed by atoms with Crippen molar-refractivity contribution in [1.29, 1.82) is 0 Å². The first kappa shape index (κ1) is 22.1. The zero-order valence-corrected chi connectivity index (χ0v) is 18.7. The Morgan fingerprint density at radius 3 is 2.61 bits per heavy atom. The molecule has 2 aliphatic heterocycles. The number of methoxy groups -OCH3 is 1. The third-order valence-corrected chi connectivity index (χ3v) is 7.85. The van der Waals surface area contributed by atoms with Crippen LogP contribution < -0.4 is 10.1 Å². The number of hydrogen-bond acceptors (Lipinski definition) is 6. The van der Waals surface area contributed by atoms with Gasteiger partial charge in [0, 0.05) is 61.4 Å². The first-order valence-corrected chi connectivity index (χ1v) is 12.5. The Labute approximate surface area is 181 Å². The van der Waals surface area contributed by atoms with Gasteiger partial charge in [-0.15, -0.1) is 0 Å². The molecule has 0 radical (unpaired) electrons. The predicted molar refractivity (Wildman–Crippen MR) is 119 cm³/mol. The minimum atomic E-state index is -0.155. The molecule has 8 heteroatoms. The molecular weight excluding hydrogens is 416 g/mol. The lowest BCUT2D eigenvalue weighted by molar-refractivity contribution is 0.0864. The fourth-order valence-corrected chi connectivity index (χ4v) is 6.31. The number of ether oxygens (including phenoxy) is 2. The van der Waals surface area contributed by atoms with E-state index in [4.69, 9.17) is 21.1 Å². The minimum Gasteiger partial charge on any atom is -0.489 e. The summed E-state index contributed by atoms with van der Waals surface area (Å²) in [6.07, 6.45) is 2.21. The Kier molecular flexibility index (Phi) is 9.11. The van der Waals surface area contributed by atoms with Gasteiger partial charge in [-0.05, 0) is 31.0 Å². The maximum atomic E-state index is 12.1. The fraction of sp³-hybridized carbons (Fsp3) is 0.650. The molecule has 0 saturated carbocycles. The quantitative estimate of drug-likeness (QED) is 0.650. The predicted octanol–water partition coefficient (Wildman–Crippen LogP) is 3.41. The van der Waals surface area contributed by atoms with Crippen molar-refractivity contribution in [2.75, 3.05) is 56.4 Å². The van der Waals surface area contributed by atoms with Gasteiger partial charge in [0.05, 0.1) is 11.6 Å². The van der Waals surface area contributed by atoms with Crippen LogP contribution in [0.3, 0.4) is 0 Å². The number of nitrogens with one attached hydrogen (secondary N) is 1. The van der Waals surface area contributed by atoms with E-state index < -0.39 is 0 Å². The molecule has 1 aromatic rings. The molecule has 0 spiro atoms. The molecule has 2 heterocycles. The molecule has 1 aromatic carbocycles. The van der Waals surface area contributed by atoms with Gasteiger partial charge in [-0.1, -0.05) is 11.6 Å². The van der Waals surface area contributed by atoms with Gasteiger partial charge in [0.2, 0.25) is 0 Å². The third kappa shape index (κ3) is 6.46. The van der Waals surface area contributed by atoms with Gasteiger partial charge >= 0.3 is 0 Å². The Morgan fingerprint density at radius 2 is 1.96 bits per heavy atom. The van der Waals surface area contributed by atoms with Crippen molar-refractivity contribution in [2.24, 2.45) is 0 Å². The lowest BCUT2D eigenvalue weighted by Gasteiger charge is -2.37. The smallest absolute Gasteiger partial charge is 0.251 e. The van der Waals surface area contributed by atoms with Crippen LogP contribution in [-0.2, 0) is 4.74 Å². The van der Waals surface area contributed by atoms with Crippen molar-refractivity contribution in [3.8, 4) is 5.75 Å². The highest BCUT2D eigenvalue weighted by Gasteiger charge is 2.27. The van der Waals surface area contributed by atoms with Gasteiger partial charge in [-0.3, -0.25) is 9.69 Å². The van der Waals surface area contributed by atoms with Gasteiger partial charge in [0.1, 0.15) is 11.9 Å². The molecule has 2 aliphatic rings. The van der Waals surface area contributed by atoms with Crippen LogP contribution in [0.2, 0.25) is 5.02 Å². The van der Waals surface area contributed by atoms with Crippen LogP contribution in [0.4, 0.5) is 0 Å². The van der Waals surface area contributed by atoms with Crippen LogP contribution in [0.15, 0.2) is 18.2 Å². The molecule has 156 valence electrons. The highest BCUT2D eigenvalue weighted by atomic mass is 35.5. The molecule has 0 bridgehead atoms. The summed E-state index contributed by atoms with van der Waals surface area (Å²) in [7, 11) is 1.61. The Hall–Kier alpha value is -0.600. The van der Waals surface area contributed by atoms with Crippen molar-refractivity contribution < 1.29 is 14.3 Å². The Balaban J connectivity index is 1.48. The van der Waals surface area contributed by atoms with E-state index in [2.05, 4.69) is 33.7 Å². The van der Waals surface area contributed by atoms with Crippen molar-refractivity contribution >= 4 is 41.0 Å². The topological polar surface area (TPSA) is 50.8 Å². The number of carbonyl (C=O) groups excluding carboxylic acids is 1. The first-order chi connectivity index (χ1) is 13.7. The van der Waals surface area contributed by atoms with Crippen LogP contribution >= 0.6 is 35.1 Å². The highest BCUT2D eigenvalue weighted by molar-refractivity contribution is 8.03. The van der Waals surface area contributed by atoms with E-state index in [1.807, 2.05) is 0 Å². The number of halogens is 1. The van der Waals surface area contributed by atoms with Gasteiger partial charge < -0.3 is 14.8 Å². The molecule has 2 fully saturated rings. The number of rotatable bonds is 7. The standard InChI is InChI=1S/C20H29ClN2O3S2/c1-25-9-6-22-20(24)15-2-3-19(18(21)12-15)26-17-4-7-23(8-5-17)16-13-27-10-11-28-14-16/h2-3,12,16-17H,4-11,13-14H2,1H3,(H,22,24). The second kappa shape index (κ2) is 11.6. The molecule has 0 unspecified atom stereocenters. The summed E-state index contributed by atoms with van der Waals surface area (Å²) in [5.41, 5.74) is 0.534. The average molecular weight is 445 g/mol. The fourth-order valence-electron chi connectivity index (χ4n) is 3.46. The monoisotopic (exact) mass is 444 g/mol. The summed E-state index contributed by atoms with van der Waals surface area (Å²) in [6.45, 7) is 3.11. The molecule has 1 N–H and O–H groups in total. The third-order valence-electron chi connectivity index (χ3n) is 5.06. The summed E-state index contributed by atoms with van der Waals surface area (Å²) in [6, 6.07) is 5.93. The molecule has 28 heavy (non-hydrogen) atoms. The molecule has 3 rings (SSSR count). The maximum Gasteiger partial charge on any atom is 0.251 e. The van der Waals surface area contributed by atoms with Crippen LogP contribution in [0.5, 0.6) is 5.75 Å². The van der Waals surface area contributed by atoms with E-state index >= 15 is 0 Å². The lowest BCUT2D eigenvalue weighted by atomic mass is 10.1. The summed E-state index contributed by atoms with van der Waals surface area (Å²) >= 11 is 10.5. The number of thioether (sulfide) groups is 2. The number of benzene rings is 1. The van der Waals surface area contributed by atoms with Crippen molar-refractivity contribution in [3.63, 3.8) is 0 Å². The van der Waals surface area contributed by atoms with Gasteiger partial charge in [-0.2, -0.15) is 23.5 Å². The first-order valence-electron chi connectivity index (χ1n) is 9.80. The van der Waals surface area contributed by atoms with Crippen LogP contribution in [0.1, 0.15) is 23.2 Å². The lowest BCUT2D eigenvalue weighted by Crippen LogP contribution is -2.46. The number of piperidine rings is 1. The Bertz CT molecular complexity index is 634. The molecule has 5 nitrogen and oxygen atoms in total. The van der Waals surface area contributed by atoms with Gasteiger partial charge in [0.15, 0.2) is 0 Å². The normalized spacial score (nSPS) is 19.9. The van der Waals surface area contributed by atoms with Crippen LogP contribution in [0, 0.1) is 0 Å². The van der Waals surface area contributed by atoms with E-state index in [1.165, 1.54) is 23.0 Å². The second-order valence-electron chi connectivity index (χ2n) is 7.05. The Morgan fingerprint density at radius 1 is 1.25 bits per heavy atom. The molecule has 1 amide bonds. The van der Waals surface area contributed by atoms with E-state index in [0.717, 1.165) is 25.9 Å². The van der Waals surface area contributed by atoms with E-state index in [9.17, 15) is 4.79 Å². The highest BCUT2D eigenvalue weighted by Crippen LogP contribution is 2.29. The molecular formula is C20H29ClN2O3S2. The summed E-state index contributed by atoms with van der Waals surface area (Å²) < 4.78 is 11.1. The summed E-state index contributed by atoms with van der Waals surface area (Å²) in [5, 5.41) is 3.28. The van der Waals surface area contributed by atoms with Crippen LogP contribution in [-0.4, -0.2) is 79.3 Å². The van der Waals surface area contributed by atoms with Crippen molar-refractivity contribution in [2.45, 2.75) is 25.0 Å². The van der Waals surface area contributed by atoms with Gasteiger partial charge in [0.25, 0.3) is 5.91 Å². The molecule has 0 aromatic heterocycles. The summed E-state index contributed by atoms with van der Waals surface area (Å²) in [4.78, 5) is 14.7. The maximum absolute atomic E-state index is 12.1. The molecule has 0 aliphatic carbocycles. The van der Waals surface area contributed by atoms with Crippen molar-refractivity contribution in [3.05, 3.63) is 28.8 Å². The number of likely N-dealkylation sites (tertiary alicyclic amines) is 1. The SMILES string of the molecule is COCCNC(=O)c1ccc(OC2CCN(C3CSCCSC3)CC2)c(Cl)c1. The number of carbonyl (C=O) groups is 1. The molecule has 0 atom stereocenters. The average Bonchev–Trinajstić information content (AvgIpc) is 3.00. The number of amides is 1. The van der Waals surface area contributed by atoms with Crippen molar-refractivity contribution in [1.82, 2.24) is 10.2 Å².